The summed E-state index contributed by atoms with van der Waals surface area (Å²) in [6, 6.07) is 9.43. The second-order valence-corrected chi connectivity index (χ2v) is 4.82. The van der Waals surface area contributed by atoms with Gasteiger partial charge in [-0.15, -0.1) is 5.10 Å². The van der Waals surface area contributed by atoms with Gasteiger partial charge in [-0.25, -0.2) is 14.6 Å². The van der Waals surface area contributed by atoms with Crippen LogP contribution in [0.2, 0.25) is 0 Å². The zero-order valence-electron chi connectivity index (χ0n) is 11.5. The molecule has 4 aromatic rings. The van der Waals surface area contributed by atoms with E-state index in [9.17, 15) is 0 Å². The molecular weight excluding hydrogens is 280 g/mol. The minimum atomic E-state index is 0.417. The molecule has 0 bridgehead atoms. The first kappa shape index (κ1) is 12.5. The Morgan fingerprint density at radius 1 is 1.18 bits per heavy atom. The molecular formula is C14H12N8. The number of pyridine rings is 2. The van der Waals surface area contributed by atoms with Crippen LogP contribution >= 0.6 is 0 Å². The molecule has 4 aromatic heterocycles. The van der Waals surface area contributed by atoms with Gasteiger partial charge in [0.2, 0.25) is 5.65 Å². The fraction of sp³-hybridized carbons (Fsp3) is 0.0714. The first-order valence-corrected chi connectivity index (χ1v) is 6.71. The number of hydrogen-bond acceptors (Lipinski definition) is 6. The van der Waals surface area contributed by atoms with E-state index in [4.69, 9.17) is 5.73 Å². The average molecular weight is 292 g/mol. The SMILES string of the molecule is Nc1cc(Cc2ccn(-c3ccccn3)n2)c2n[nH]nc2n1. The van der Waals surface area contributed by atoms with E-state index in [-0.39, 0.29) is 0 Å². The molecule has 0 aliphatic carbocycles. The van der Waals surface area contributed by atoms with E-state index in [1.807, 2.05) is 30.5 Å². The zero-order chi connectivity index (χ0) is 14.9. The Bertz CT molecular complexity index is 924. The molecule has 22 heavy (non-hydrogen) atoms. The van der Waals surface area contributed by atoms with Crippen LogP contribution < -0.4 is 5.73 Å². The van der Waals surface area contributed by atoms with Gasteiger partial charge >= 0.3 is 0 Å². The molecule has 0 unspecified atom stereocenters. The third-order valence-corrected chi connectivity index (χ3v) is 3.29. The van der Waals surface area contributed by atoms with Crippen LogP contribution in [0.1, 0.15) is 11.3 Å². The van der Waals surface area contributed by atoms with E-state index >= 15 is 0 Å². The summed E-state index contributed by atoms with van der Waals surface area (Å²) in [5.74, 6) is 1.19. The predicted molar refractivity (Wildman–Crippen MR) is 80.3 cm³/mol. The number of aromatic amines is 1. The van der Waals surface area contributed by atoms with Crippen molar-refractivity contribution < 1.29 is 0 Å². The molecule has 0 aromatic carbocycles. The summed E-state index contributed by atoms with van der Waals surface area (Å²) in [4.78, 5) is 8.40. The molecule has 0 aliphatic heterocycles. The van der Waals surface area contributed by atoms with Gasteiger partial charge in [-0.3, -0.25) is 0 Å². The van der Waals surface area contributed by atoms with Crippen LogP contribution in [0.3, 0.4) is 0 Å². The third-order valence-electron chi connectivity index (χ3n) is 3.29. The molecule has 3 N–H and O–H groups in total. The number of fused-ring (bicyclic) bond motifs is 1. The Morgan fingerprint density at radius 2 is 2.14 bits per heavy atom. The molecule has 0 aliphatic rings. The summed E-state index contributed by atoms with van der Waals surface area (Å²) >= 11 is 0. The molecule has 0 radical (unpaired) electrons. The molecule has 0 saturated heterocycles. The lowest BCUT2D eigenvalue weighted by Crippen LogP contribution is -2.00. The van der Waals surface area contributed by atoms with Gasteiger partial charge in [0.05, 0.1) is 5.69 Å². The van der Waals surface area contributed by atoms with Crippen LogP contribution in [0.4, 0.5) is 5.82 Å². The standard InChI is InChI=1S/C14H12N8/c15-11-8-9(13-14(17-11)19-21-18-13)7-10-4-6-22(20-10)12-3-1-2-5-16-12/h1-6,8H,7H2,(H3,15,17,18,19,21). The maximum absolute atomic E-state index is 5.81. The number of aromatic nitrogens is 7. The number of nitrogens with two attached hydrogens (primary N) is 1. The highest BCUT2D eigenvalue weighted by Gasteiger charge is 2.11. The van der Waals surface area contributed by atoms with E-state index in [0.717, 1.165) is 17.1 Å². The highest BCUT2D eigenvalue weighted by Crippen LogP contribution is 2.18. The molecule has 4 rings (SSSR count). The van der Waals surface area contributed by atoms with E-state index in [1.165, 1.54) is 0 Å². The number of nitrogens with one attached hydrogen (secondary N) is 1. The summed E-state index contributed by atoms with van der Waals surface area (Å²) in [6.07, 6.45) is 4.21. The number of anilines is 1. The van der Waals surface area contributed by atoms with Crippen molar-refractivity contribution in [2.75, 3.05) is 5.73 Å². The highest BCUT2D eigenvalue weighted by molar-refractivity contribution is 5.75. The second kappa shape index (κ2) is 4.92. The quantitative estimate of drug-likeness (QED) is 0.585. The molecule has 108 valence electrons. The summed E-state index contributed by atoms with van der Waals surface area (Å²) in [5.41, 5.74) is 8.85. The van der Waals surface area contributed by atoms with Crippen LogP contribution in [0.15, 0.2) is 42.7 Å². The maximum Gasteiger partial charge on any atom is 0.203 e. The third kappa shape index (κ3) is 2.16. The summed E-state index contributed by atoms with van der Waals surface area (Å²) in [7, 11) is 0. The van der Waals surface area contributed by atoms with Gasteiger partial charge in [0.1, 0.15) is 11.3 Å². The largest absolute Gasteiger partial charge is 0.384 e. The smallest absolute Gasteiger partial charge is 0.203 e. The van der Waals surface area contributed by atoms with Gasteiger partial charge < -0.3 is 5.73 Å². The van der Waals surface area contributed by atoms with Gasteiger partial charge in [-0.05, 0) is 29.8 Å². The normalized spacial score (nSPS) is 11.1. The number of nitrogens with zero attached hydrogens (tertiary/aromatic N) is 6. The van der Waals surface area contributed by atoms with E-state index in [1.54, 1.807) is 16.9 Å². The van der Waals surface area contributed by atoms with E-state index < -0.39 is 0 Å². The van der Waals surface area contributed by atoms with Gasteiger partial charge in [-0.2, -0.15) is 15.4 Å². The van der Waals surface area contributed by atoms with Crippen molar-refractivity contribution in [3.63, 3.8) is 0 Å². The number of rotatable bonds is 3. The monoisotopic (exact) mass is 292 g/mol. The Morgan fingerprint density at radius 3 is 3.00 bits per heavy atom. The summed E-state index contributed by atoms with van der Waals surface area (Å²) < 4.78 is 1.74. The lowest BCUT2D eigenvalue weighted by Gasteiger charge is -2.01. The van der Waals surface area contributed by atoms with Gasteiger partial charge in [0.25, 0.3) is 0 Å². The fourth-order valence-corrected chi connectivity index (χ4v) is 2.32. The highest BCUT2D eigenvalue weighted by atomic mass is 15.3. The average Bonchev–Trinajstić information content (AvgIpc) is 3.17. The molecule has 4 heterocycles. The van der Waals surface area contributed by atoms with Crippen molar-refractivity contribution in [3.05, 3.63) is 54.0 Å². The van der Waals surface area contributed by atoms with Crippen molar-refractivity contribution in [2.24, 2.45) is 0 Å². The first-order valence-electron chi connectivity index (χ1n) is 6.71. The molecule has 0 atom stereocenters. The van der Waals surface area contributed by atoms with Crippen molar-refractivity contribution in [2.45, 2.75) is 6.42 Å². The molecule has 0 saturated carbocycles. The minimum Gasteiger partial charge on any atom is -0.384 e. The van der Waals surface area contributed by atoms with Crippen molar-refractivity contribution in [3.8, 4) is 5.82 Å². The molecule has 8 nitrogen and oxygen atoms in total. The zero-order valence-corrected chi connectivity index (χ0v) is 11.5. The van der Waals surface area contributed by atoms with Gasteiger partial charge in [0.15, 0.2) is 5.82 Å². The first-order chi connectivity index (χ1) is 10.8. The van der Waals surface area contributed by atoms with E-state index in [0.29, 0.717) is 23.4 Å². The number of nitrogen functional groups attached to an aromatic ring is 1. The van der Waals surface area contributed by atoms with Crippen molar-refractivity contribution in [1.29, 1.82) is 0 Å². The van der Waals surface area contributed by atoms with Crippen LogP contribution in [0.5, 0.6) is 0 Å². The van der Waals surface area contributed by atoms with Crippen LogP contribution in [0, 0.1) is 0 Å². The summed E-state index contributed by atoms with van der Waals surface area (Å²) in [6.45, 7) is 0. The lowest BCUT2D eigenvalue weighted by molar-refractivity contribution is 0.821. The van der Waals surface area contributed by atoms with Crippen LogP contribution in [-0.2, 0) is 6.42 Å². The van der Waals surface area contributed by atoms with Gasteiger partial charge in [-0.1, -0.05) is 6.07 Å². The molecule has 0 spiro atoms. The van der Waals surface area contributed by atoms with Crippen LogP contribution in [0.25, 0.3) is 17.0 Å². The van der Waals surface area contributed by atoms with Gasteiger partial charge in [0, 0.05) is 18.8 Å². The Hall–Kier alpha value is -3.29. The Kier molecular flexibility index (Phi) is 2.78. The number of H-pyrrole nitrogens is 1. The predicted octanol–water partition coefficient (Wildman–Crippen LogP) is 1.11. The van der Waals surface area contributed by atoms with Crippen molar-refractivity contribution in [1.82, 2.24) is 35.2 Å². The Labute approximate surface area is 125 Å². The summed E-state index contributed by atoms with van der Waals surface area (Å²) in [5, 5.41) is 15.2. The van der Waals surface area contributed by atoms with E-state index in [2.05, 4.69) is 30.5 Å². The molecule has 0 amide bonds. The molecule has 0 fully saturated rings. The lowest BCUT2D eigenvalue weighted by atomic mass is 10.1. The topological polar surface area (TPSA) is 111 Å². The number of hydrogen-bond donors (Lipinski definition) is 2. The Balaban J connectivity index is 1.69. The minimum absolute atomic E-state index is 0.417. The second-order valence-electron chi connectivity index (χ2n) is 4.82. The van der Waals surface area contributed by atoms with Crippen molar-refractivity contribution >= 4 is 17.0 Å². The fourth-order valence-electron chi connectivity index (χ4n) is 2.32. The molecule has 8 heteroatoms. The van der Waals surface area contributed by atoms with Crippen LogP contribution in [-0.4, -0.2) is 35.2 Å². The maximum atomic E-state index is 5.81.